The Bertz CT molecular complexity index is 527. The number of alkyl halides is 3. The first kappa shape index (κ1) is 19.1. The summed E-state index contributed by atoms with van der Waals surface area (Å²) in [5.74, 6) is -0.0867. The molecule has 0 heterocycles. The number of hydrogen-bond donors (Lipinski definition) is 3. The molecule has 1 aromatic rings. The summed E-state index contributed by atoms with van der Waals surface area (Å²) in [5, 5.41) is 14.7. The molecule has 5 nitrogen and oxygen atoms in total. The molecule has 1 unspecified atom stereocenters. The van der Waals surface area contributed by atoms with E-state index in [4.69, 9.17) is 0 Å². The van der Waals surface area contributed by atoms with Crippen LogP contribution in [-0.4, -0.2) is 36.6 Å². The van der Waals surface area contributed by atoms with Gasteiger partial charge in [-0.15, -0.1) is 0 Å². The summed E-state index contributed by atoms with van der Waals surface area (Å²) in [5.41, 5.74) is -0.291. The van der Waals surface area contributed by atoms with Crippen LogP contribution in [0.4, 0.5) is 23.7 Å². The van der Waals surface area contributed by atoms with E-state index in [1.165, 1.54) is 18.2 Å². The van der Waals surface area contributed by atoms with Crippen molar-refractivity contribution in [1.29, 1.82) is 0 Å². The van der Waals surface area contributed by atoms with Crippen molar-refractivity contribution >= 4 is 11.7 Å². The molecule has 0 aliphatic carbocycles. The van der Waals surface area contributed by atoms with Crippen LogP contribution in [0.15, 0.2) is 24.3 Å². The van der Waals surface area contributed by atoms with Crippen LogP contribution in [0.25, 0.3) is 0 Å². The minimum Gasteiger partial charge on any atom is -0.482 e. The minimum absolute atomic E-state index is 0.0148. The van der Waals surface area contributed by atoms with Crippen LogP contribution in [0.3, 0.4) is 0 Å². The van der Waals surface area contributed by atoms with Crippen molar-refractivity contribution in [2.24, 2.45) is 5.41 Å². The predicted molar refractivity (Wildman–Crippen MR) is 80.5 cm³/mol. The Labute approximate surface area is 132 Å². The number of carbonyl (C=O) groups excluding carboxylic acids is 1. The molecule has 1 aromatic carbocycles. The molecule has 0 saturated carbocycles. The number of ether oxygens (including phenoxy) is 1. The molecule has 3 N–H and O–H groups in total. The summed E-state index contributed by atoms with van der Waals surface area (Å²) in [6, 6.07) is 5.16. The Morgan fingerprint density at radius 1 is 1.26 bits per heavy atom. The van der Waals surface area contributed by atoms with E-state index in [2.05, 4.69) is 15.4 Å². The fourth-order valence-corrected chi connectivity index (χ4v) is 1.52. The minimum atomic E-state index is -4.47. The molecular weight excluding hydrogens is 313 g/mol. The molecule has 23 heavy (non-hydrogen) atoms. The second-order valence-electron chi connectivity index (χ2n) is 6.12. The zero-order valence-corrected chi connectivity index (χ0v) is 13.2. The van der Waals surface area contributed by atoms with Gasteiger partial charge in [-0.3, -0.25) is 0 Å². The predicted octanol–water partition coefficient (Wildman–Crippen LogP) is 3.16. The van der Waals surface area contributed by atoms with E-state index in [9.17, 15) is 23.1 Å². The van der Waals surface area contributed by atoms with Crippen LogP contribution in [0.2, 0.25) is 0 Å². The number of carbonyl (C=O) groups is 1. The van der Waals surface area contributed by atoms with Gasteiger partial charge >= 0.3 is 12.2 Å². The first-order valence-corrected chi connectivity index (χ1v) is 7.00. The molecule has 0 aliphatic rings. The summed E-state index contributed by atoms with van der Waals surface area (Å²) < 4.78 is 41.3. The lowest BCUT2D eigenvalue weighted by molar-refractivity contribution is -0.153. The average Bonchev–Trinajstić information content (AvgIpc) is 2.42. The molecule has 0 saturated heterocycles. The third kappa shape index (κ3) is 7.23. The second-order valence-corrected chi connectivity index (χ2v) is 6.12. The Balaban J connectivity index is 2.61. The summed E-state index contributed by atoms with van der Waals surface area (Å²) in [6.45, 7) is 4.02. The fourth-order valence-electron chi connectivity index (χ4n) is 1.52. The number of nitrogens with one attached hydrogen (secondary N) is 2. The van der Waals surface area contributed by atoms with Crippen LogP contribution in [-0.2, 0) is 0 Å². The van der Waals surface area contributed by atoms with E-state index in [1.54, 1.807) is 6.07 Å². The Kier molecular flexibility index (Phi) is 6.26. The number of benzene rings is 1. The highest BCUT2D eigenvalue weighted by Crippen LogP contribution is 2.26. The van der Waals surface area contributed by atoms with Gasteiger partial charge in [0.15, 0.2) is 6.61 Å². The maximum Gasteiger partial charge on any atom is 0.422 e. The highest BCUT2D eigenvalue weighted by atomic mass is 19.4. The van der Waals surface area contributed by atoms with Gasteiger partial charge in [0.25, 0.3) is 0 Å². The smallest absolute Gasteiger partial charge is 0.422 e. The molecule has 130 valence electrons. The van der Waals surface area contributed by atoms with Crippen molar-refractivity contribution in [3.05, 3.63) is 24.3 Å². The zero-order valence-electron chi connectivity index (χ0n) is 13.2. The second kappa shape index (κ2) is 7.54. The third-order valence-electron chi connectivity index (χ3n) is 2.98. The SMILES string of the molecule is CC(C)(C)C(O)CNC(=O)Nc1ccccc1OCC(F)(F)F. The van der Waals surface area contributed by atoms with Crippen molar-refractivity contribution in [3.63, 3.8) is 0 Å². The third-order valence-corrected chi connectivity index (χ3v) is 2.98. The van der Waals surface area contributed by atoms with E-state index < -0.39 is 30.3 Å². The van der Waals surface area contributed by atoms with Crippen molar-refractivity contribution < 1.29 is 27.8 Å². The topological polar surface area (TPSA) is 70.6 Å². The van der Waals surface area contributed by atoms with Gasteiger partial charge in [-0.25, -0.2) is 4.79 Å². The summed E-state index contributed by atoms with van der Waals surface area (Å²) in [7, 11) is 0. The molecule has 2 amide bonds. The molecule has 0 bridgehead atoms. The highest BCUT2D eigenvalue weighted by Gasteiger charge is 2.29. The molecule has 0 radical (unpaired) electrons. The van der Waals surface area contributed by atoms with Crippen LogP contribution in [0, 0.1) is 5.41 Å². The first-order valence-electron chi connectivity index (χ1n) is 7.00. The zero-order chi connectivity index (χ0) is 17.7. The Hall–Kier alpha value is -1.96. The van der Waals surface area contributed by atoms with Gasteiger partial charge < -0.3 is 20.5 Å². The van der Waals surface area contributed by atoms with Crippen LogP contribution < -0.4 is 15.4 Å². The number of hydrogen-bond acceptors (Lipinski definition) is 3. The van der Waals surface area contributed by atoms with Crippen molar-refractivity contribution in [2.75, 3.05) is 18.5 Å². The Morgan fingerprint density at radius 2 is 1.87 bits per heavy atom. The van der Waals surface area contributed by atoms with Gasteiger partial charge in [-0.2, -0.15) is 13.2 Å². The van der Waals surface area contributed by atoms with E-state index >= 15 is 0 Å². The molecule has 0 fully saturated rings. The van der Waals surface area contributed by atoms with Crippen LogP contribution in [0.5, 0.6) is 5.75 Å². The van der Waals surface area contributed by atoms with E-state index in [0.717, 1.165) is 0 Å². The van der Waals surface area contributed by atoms with Gasteiger partial charge in [-0.1, -0.05) is 32.9 Å². The van der Waals surface area contributed by atoms with E-state index in [0.29, 0.717) is 0 Å². The van der Waals surface area contributed by atoms with Crippen molar-refractivity contribution in [3.8, 4) is 5.75 Å². The maximum atomic E-state index is 12.2. The van der Waals surface area contributed by atoms with Gasteiger partial charge in [-0.05, 0) is 17.5 Å². The average molecular weight is 334 g/mol. The van der Waals surface area contributed by atoms with Gasteiger partial charge in [0, 0.05) is 6.54 Å². The largest absolute Gasteiger partial charge is 0.482 e. The number of anilines is 1. The van der Waals surface area contributed by atoms with Crippen molar-refractivity contribution in [1.82, 2.24) is 5.32 Å². The van der Waals surface area contributed by atoms with E-state index in [-0.39, 0.29) is 18.0 Å². The standard InChI is InChI=1S/C15H21F3N2O3/c1-14(2,3)12(21)8-19-13(22)20-10-6-4-5-7-11(10)23-9-15(16,17)18/h4-7,12,21H,8-9H2,1-3H3,(H2,19,20,22). The number of amides is 2. The van der Waals surface area contributed by atoms with E-state index in [1.807, 2.05) is 20.8 Å². The normalized spacial score (nSPS) is 13.3. The fraction of sp³-hybridized carbons (Fsp3) is 0.533. The van der Waals surface area contributed by atoms with Gasteiger partial charge in [0.1, 0.15) is 5.75 Å². The summed E-state index contributed by atoms with van der Waals surface area (Å²) in [4.78, 5) is 11.8. The number of para-hydroxylation sites is 2. The number of halogens is 3. The molecule has 0 aliphatic heterocycles. The number of aliphatic hydroxyl groups is 1. The summed E-state index contributed by atoms with van der Waals surface area (Å²) in [6.07, 6.45) is -5.23. The number of urea groups is 1. The number of aliphatic hydroxyl groups excluding tert-OH is 1. The molecule has 0 spiro atoms. The number of rotatable bonds is 5. The Morgan fingerprint density at radius 3 is 2.43 bits per heavy atom. The molecule has 1 rings (SSSR count). The molecule has 8 heteroatoms. The van der Waals surface area contributed by atoms with Gasteiger partial charge in [0.2, 0.25) is 0 Å². The molecule has 1 atom stereocenters. The summed E-state index contributed by atoms with van der Waals surface area (Å²) >= 11 is 0. The maximum absolute atomic E-state index is 12.2. The van der Waals surface area contributed by atoms with Crippen LogP contribution >= 0.6 is 0 Å². The highest BCUT2D eigenvalue weighted by molar-refractivity contribution is 5.90. The molecular formula is C15H21F3N2O3. The van der Waals surface area contributed by atoms with Crippen molar-refractivity contribution in [2.45, 2.75) is 33.1 Å². The van der Waals surface area contributed by atoms with Gasteiger partial charge in [0.05, 0.1) is 11.8 Å². The lowest BCUT2D eigenvalue weighted by Crippen LogP contribution is -2.40. The van der Waals surface area contributed by atoms with Crippen LogP contribution in [0.1, 0.15) is 20.8 Å². The monoisotopic (exact) mass is 334 g/mol. The lowest BCUT2D eigenvalue weighted by Gasteiger charge is -2.26. The quantitative estimate of drug-likeness (QED) is 0.775. The lowest BCUT2D eigenvalue weighted by atomic mass is 9.89. The molecule has 0 aromatic heterocycles. The first-order chi connectivity index (χ1) is 10.5.